The summed E-state index contributed by atoms with van der Waals surface area (Å²) in [5, 5.41) is 19.2. The largest absolute Gasteiger partial charge is 0.507 e. The molecule has 0 radical (unpaired) electrons. The SMILES string of the molecule is COc1cc(/C=C\C(=O)c2c(O)cc(C)oc2=O)ccc1O. The molecule has 0 saturated carbocycles. The number of rotatable bonds is 4. The number of aryl methyl sites for hydroxylation is 1. The molecule has 0 saturated heterocycles. The minimum Gasteiger partial charge on any atom is -0.507 e. The van der Waals surface area contributed by atoms with Gasteiger partial charge in [0, 0.05) is 6.07 Å². The Morgan fingerprint density at radius 1 is 1.23 bits per heavy atom. The zero-order valence-electron chi connectivity index (χ0n) is 12.0. The Hall–Kier alpha value is -3.02. The Bertz CT molecular complexity index is 801. The van der Waals surface area contributed by atoms with Crippen molar-refractivity contribution < 1.29 is 24.2 Å². The van der Waals surface area contributed by atoms with E-state index in [1.54, 1.807) is 6.07 Å². The lowest BCUT2D eigenvalue weighted by Gasteiger charge is -2.03. The first kappa shape index (κ1) is 15.4. The molecule has 0 aliphatic heterocycles. The van der Waals surface area contributed by atoms with Gasteiger partial charge in [0.2, 0.25) is 0 Å². The maximum absolute atomic E-state index is 12.0. The summed E-state index contributed by atoms with van der Waals surface area (Å²) >= 11 is 0. The summed E-state index contributed by atoms with van der Waals surface area (Å²) in [6, 6.07) is 5.71. The van der Waals surface area contributed by atoms with Crippen LogP contribution >= 0.6 is 0 Å². The molecule has 0 bridgehead atoms. The predicted octanol–water partition coefficient (Wildman–Crippen LogP) is 2.26. The minimum atomic E-state index is -0.893. The molecule has 6 heteroatoms. The van der Waals surface area contributed by atoms with Crippen LogP contribution in [0, 0.1) is 6.92 Å². The second kappa shape index (κ2) is 6.17. The standard InChI is InChI=1S/C16H14O6/c1-9-7-13(19)15(16(20)22-9)12(18)6-4-10-3-5-11(17)14(8-10)21-2/h3-8,17,19H,1-2H3/b6-4-. The van der Waals surface area contributed by atoms with Crippen LogP contribution in [0.25, 0.3) is 6.08 Å². The molecule has 22 heavy (non-hydrogen) atoms. The number of methoxy groups -OCH3 is 1. The summed E-state index contributed by atoms with van der Waals surface area (Å²) < 4.78 is 9.75. The van der Waals surface area contributed by atoms with Gasteiger partial charge in [-0.3, -0.25) is 4.79 Å². The summed E-state index contributed by atoms with van der Waals surface area (Å²) in [7, 11) is 1.41. The molecule has 6 nitrogen and oxygen atoms in total. The van der Waals surface area contributed by atoms with Gasteiger partial charge < -0.3 is 19.4 Å². The molecule has 0 unspecified atom stereocenters. The lowest BCUT2D eigenvalue weighted by Crippen LogP contribution is -2.12. The fraction of sp³-hybridized carbons (Fsp3) is 0.125. The quantitative estimate of drug-likeness (QED) is 0.664. The Morgan fingerprint density at radius 2 is 1.95 bits per heavy atom. The third-order valence-electron chi connectivity index (χ3n) is 2.93. The van der Waals surface area contributed by atoms with Gasteiger partial charge in [-0.1, -0.05) is 12.1 Å². The first-order valence-electron chi connectivity index (χ1n) is 6.35. The van der Waals surface area contributed by atoms with Gasteiger partial charge >= 0.3 is 5.63 Å². The number of hydrogen-bond donors (Lipinski definition) is 2. The monoisotopic (exact) mass is 302 g/mol. The van der Waals surface area contributed by atoms with Crippen LogP contribution in [0.5, 0.6) is 17.2 Å². The van der Waals surface area contributed by atoms with Gasteiger partial charge in [0.1, 0.15) is 17.1 Å². The molecule has 1 heterocycles. The average Bonchev–Trinajstić information content (AvgIpc) is 2.45. The molecule has 0 aliphatic rings. The molecular weight excluding hydrogens is 288 g/mol. The molecule has 2 aromatic rings. The van der Waals surface area contributed by atoms with Gasteiger partial charge in [0.15, 0.2) is 17.3 Å². The second-order valence-corrected chi connectivity index (χ2v) is 4.53. The van der Waals surface area contributed by atoms with Crippen LogP contribution in [0.2, 0.25) is 0 Å². The van der Waals surface area contributed by atoms with Crippen molar-refractivity contribution in [3.05, 3.63) is 57.6 Å². The highest BCUT2D eigenvalue weighted by Crippen LogP contribution is 2.26. The van der Waals surface area contributed by atoms with Crippen LogP contribution in [0.3, 0.4) is 0 Å². The number of carbonyl (C=O) groups excluding carboxylic acids is 1. The normalized spacial score (nSPS) is 10.8. The maximum Gasteiger partial charge on any atom is 0.351 e. The Kier molecular flexibility index (Phi) is 4.31. The van der Waals surface area contributed by atoms with Gasteiger partial charge in [-0.25, -0.2) is 4.79 Å². The highest BCUT2D eigenvalue weighted by molar-refractivity contribution is 6.08. The molecule has 114 valence electrons. The van der Waals surface area contributed by atoms with E-state index < -0.39 is 22.7 Å². The average molecular weight is 302 g/mol. The van der Waals surface area contributed by atoms with E-state index in [4.69, 9.17) is 9.15 Å². The molecular formula is C16H14O6. The van der Waals surface area contributed by atoms with Crippen molar-refractivity contribution in [1.82, 2.24) is 0 Å². The molecule has 1 aromatic carbocycles. The van der Waals surface area contributed by atoms with Gasteiger partial charge in [0.25, 0.3) is 0 Å². The minimum absolute atomic E-state index is 0.0252. The second-order valence-electron chi connectivity index (χ2n) is 4.53. The molecule has 0 amide bonds. The number of ketones is 1. The number of ether oxygens (including phenoxy) is 1. The summed E-state index contributed by atoms with van der Waals surface area (Å²) in [5.41, 5.74) is -0.734. The Morgan fingerprint density at radius 3 is 2.59 bits per heavy atom. The Balaban J connectivity index is 2.31. The van der Waals surface area contributed by atoms with Crippen molar-refractivity contribution in [2.75, 3.05) is 7.11 Å². The highest BCUT2D eigenvalue weighted by Gasteiger charge is 2.15. The van der Waals surface area contributed by atoms with Crippen LogP contribution in [-0.4, -0.2) is 23.1 Å². The van der Waals surface area contributed by atoms with Crippen molar-refractivity contribution in [2.24, 2.45) is 0 Å². The zero-order chi connectivity index (χ0) is 16.3. The summed E-state index contributed by atoms with van der Waals surface area (Å²) in [4.78, 5) is 23.6. The molecule has 0 atom stereocenters. The molecule has 0 spiro atoms. The van der Waals surface area contributed by atoms with E-state index >= 15 is 0 Å². The third-order valence-corrected chi connectivity index (χ3v) is 2.93. The number of allylic oxidation sites excluding steroid dienone is 1. The van der Waals surface area contributed by atoms with Crippen molar-refractivity contribution in [2.45, 2.75) is 6.92 Å². The van der Waals surface area contributed by atoms with Gasteiger partial charge in [-0.05, 0) is 30.7 Å². The molecule has 2 N–H and O–H groups in total. The summed E-state index contributed by atoms with van der Waals surface area (Å²) in [6.45, 7) is 1.49. The van der Waals surface area contributed by atoms with Gasteiger partial charge in [-0.15, -0.1) is 0 Å². The molecule has 0 fully saturated rings. The number of phenols is 1. The van der Waals surface area contributed by atoms with Crippen LogP contribution in [-0.2, 0) is 0 Å². The maximum atomic E-state index is 12.0. The molecule has 1 aromatic heterocycles. The number of benzene rings is 1. The number of aromatic hydroxyl groups is 2. The number of hydrogen-bond acceptors (Lipinski definition) is 6. The van der Waals surface area contributed by atoms with Crippen LogP contribution < -0.4 is 10.4 Å². The number of phenolic OH excluding ortho intramolecular Hbond substituents is 1. The lowest BCUT2D eigenvalue weighted by atomic mass is 10.1. The summed E-state index contributed by atoms with van der Waals surface area (Å²) in [6.07, 6.45) is 2.57. The fourth-order valence-electron chi connectivity index (χ4n) is 1.88. The smallest absolute Gasteiger partial charge is 0.351 e. The van der Waals surface area contributed by atoms with E-state index in [-0.39, 0.29) is 17.3 Å². The van der Waals surface area contributed by atoms with Crippen LogP contribution in [0.1, 0.15) is 21.7 Å². The van der Waals surface area contributed by atoms with Crippen molar-refractivity contribution in [1.29, 1.82) is 0 Å². The number of carbonyl (C=O) groups is 1. The van der Waals surface area contributed by atoms with E-state index in [2.05, 4.69) is 0 Å². The third kappa shape index (κ3) is 3.17. The summed E-state index contributed by atoms with van der Waals surface area (Å²) in [5.74, 6) is -0.661. The van der Waals surface area contributed by atoms with Crippen molar-refractivity contribution >= 4 is 11.9 Å². The van der Waals surface area contributed by atoms with E-state index in [1.165, 1.54) is 38.3 Å². The van der Waals surface area contributed by atoms with Crippen LogP contribution in [0.4, 0.5) is 0 Å². The molecule has 0 aliphatic carbocycles. The van der Waals surface area contributed by atoms with Crippen LogP contribution in [0.15, 0.2) is 39.6 Å². The molecule has 2 rings (SSSR count). The highest BCUT2D eigenvalue weighted by atomic mass is 16.5. The van der Waals surface area contributed by atoms with E-state index in [1.807, 2.05) is 0 Å². The van der Waals surface area contributed by atoms with Crippen molar-refractivity contribution in [3.63, 3.8) is 0 Å². The zero-order valence-corrected chi connectivity index (χ0v) is 12.0. The first-order valence-corrected chi connectivity index (χ1v) is 6.35. The first-order chi connectivity index (χ1) is 10.4. The Labute approximate surface area is 125 Å². The fourth-order valence-corrected chi connectivity index (χ4v) is 1.88. The van der Waals surface area contributed by atoms with Crippen molar-refractivity contribution in [3.8, 4) is 17.2 Å². The van der Waals surface area contributed by atoms with Gasteiger partial charge in [-0.2, -0.15) is 0 Å². The predicted molar refractivity (Wildman–Crippen MR) is 79.4 cm³/mol. The van der Waals surface area contributed by atoms with Gasteiger partial charge in [0.05, 0.1) is 7.11 Å². The lowest BCUT2D eigenvalue weighted by molar-refractivity contribution is 0.104. The topological polar surface area (TPSA) is 97.0 Å². The van der Waals surface area contributed by atoms with E-state index in [9.17, 15) is 19.8 Å². The van der Waals surface area contributed by atoms with E-state index in [0.29, 0.717) is 5.56 Å². The van der Waals surface area contributed by atoms with E-state index in [0.717, 1.165) is 6.08 Å².